The standard InChI is InChI=1S/C13H22N4O/c1-16-10-11(9-15-16)13(18)17(8-4-7-14)12-5-2-3-6-12/h9-10,12H,2-8,14H2,1H3. The molecule has 1 amide bonds. The van der Waals surface area contributed by atoms with E-state index >= 15 is 0 Å². The second-order valence-corrected chi connectivity index (χ2v) is 4.98. The monoisotopic (exact) mass is 250 g/mol. The van der Waals surface area contributed by atoms with E-state index in [9.17, 15) is 4.79 Å². The molecule has 0 spiro atoms. The van der Waals surface area contributed by atoms with Crippen LogP contribution in [0.4, 0.5) is 0 Å². The van der Waals surface area contributed by atoms with E-state index in [4.69, 9.17) is 5.73 Å². The Kier molecular flexibility index (Phi) is 4.36. The molecule has 0 saturated heterocycles. The van der Waals surface area contributed by atoms with Gasteiger partial charge in [-0.2, -0.15) is 5.10 Å². The summed E-state index contributed by atoms with van der Waals surface area (Å²) in [6.45, 7) is 1.39. The van der Waals surface area contributed by atoms with E-state index < -0.39 is 0 Å². The molecule has 18 heavy (non-hydrogen) atoms. The van der Waals surface area contributed by atoms with Crippen LogP contribution in [0.1, 0.15) is 42.5 Å². The van der Waals surface area contributed by atoms with E-state index in [1.165, 1.54) is 12.8 Å². The Hall–Kier alpha value is -1.36. The summed E-state index contributed by atoms with van der Waals surface area (Å²) in [5.41, 5.74) is 6.25. The summed E-state index contributed by atoms with van der Waals surface area (Å²) < 4.78 is 1.67. The zero-order chi connectivity index (χ0) is 13.0. The van der Waals surface area contributed by atoms with Crippen molar-refractivity contribution in [1.29, 1.82) is 0 Å². The number of carbonyl (C=O) groups is 1. The second-order valence-electron chi connectivity index (χ2n) is 4.98. The summed E-state index contributed by atoms with van der Waals surface area (Å²) in [5, 5.41) is 4.07. The summed E-state index contributed by atoms with van der Waals surface area (Å²) in [4.78, 5) is 14.5. The number of amides is 1. The third-order valence-electron chi connectivity index (χ3n) is 3.58. The Bertz CT molecular complexity index is 395. The van der Waals surface area contributed by atoms with Crippen LogP contribution in [0.25, 0.3) is 0 Å². The van der Waals surface area contributed by atoms with Gasteiger partial charge in [-0.25, -0.2) is 0 Å². The minimum absolute atomic E-state index is 0.100. The van der Waals surface area contributed by atoms with Gasteiger partial charge in [-0.15, -0.1) is 0 Å². The van der Waals surface area contributed by atoms with Crippen molar-refractivity contribution in [3.63, 3.8) is 0 Å². The fraction of sp³-hybridized carbons (Fsp3) is 0.692. The summed E-state index contributed by atoms with van der Waals surface area (Å²) in [6.07, 6.45) is 8.99. The zero-order valence-electron chi connectivity index (χ0n) is 11.0. The Balaban J connectivity index is 2.09. The highest BCUT2D eigenvalue weighted by Crippen LogP contribution is 2.25. The van der Waals surface area contributed by atoms with Crippen molar-refractivity contribution in [2.75, 3.05) is 13.1 Å². The topological polar surface area (TPSA) is 64.2 Å². The normalized spacial score (nSPS) is 16.1. The highest BCUT2D eigenvalue weighted by molar-refractivity contribution is 5.94. The van der Waals surface area contributed by atoms with Gasteiger partial charge in [-0.1, -0.05) is 12.8 Å². The van der Waals surface area contributed by atoms with E-state index in [-0.39, 0.29) is 5.91 Å². The van der Waals surface area contributed by atoms with Gasteiger partial charge in [0.05, 0.1) is 11.8 Å². The first-order chi connectivity index (χ1) is 8.72. The molecule has 0 bridgehead atoms. The molecule has 1 aromatic rings. The van der Waals surface area contributed by atoms with Crippen molar-refractivity contribution in [2.45, 2.75) is 38.1 Å². The molecule has 1 aliphatic carbocycles. The maximum absolute atomic E-state index is 12.5. The van der Waals surface area contributed by atoms with Crippen molar-refractivity contribution >= 4 is 5.91 Å². The molecule has 0 radical (unpaired) electrons. The van der Waals surface area contributed by atoms with Gasteiger partial charge in [-0.3, -0.25) is 9.48 Å². The van der Waals surface area contributed by atoms with Gasteiger partial charge in [0.2, 0.25) is 0 Å². The molecule has 0 atom stereocenters. The lowest BCUT2D eigenvalue weighted by Gasteiger charge is -2.28. The van der Waals surface area contributed by atoms with Crippen molar-refractivity contribution in [1.82, 2.24) is 14.7 Å². The van der Waals surface area contributed by atoms with E-state index in [2.05, 4.69) is 5.10 Å². The molecule has 1 aliphatic rings. The van der Waals surface area contributed by atoms with Crippen LogP contribution in [-0.2, 0) is 7.05 Å². The van der Waals surface area contributed by atoms with E-state index in [1.807, 2.05) is 11.9 Å². The maximum atomic E-state index is 12.5. The summed E-state index contributed by atoms with van der Waals surface area (Å²) in [7, 11) is 1.83. The van der Waals surface area contributed by atoms with Crippen molar-refractivity contribution in [3.05, 3.63) is 18.0 Å². The van der Waals surface area contributed by atoms with Crippen LogP contribution in [0, 0.1) is 0 Å². The Labute approximate surface area is 108 Å². The van der Waals surface area contributed by atoms with E-state index in [1.54, 1.807) is 17.1 Å². The van der Waals surface area contributed by atoms with Gasteiger partial charge in [-0.05, 0) is 25.8 Å². The highest BCUT2D eigenvalue weighted by atomic mass is 16.2. The molecule has 5 nitrogen and oxygen atoms in total. The van der Waals surface area contributed by atoms with Crippen LogP contribution in [0.15, 0.2) is 12.4 Å². The minimum atomic E-state index is 0.100. The Morgan fingerprint density at radius 1 is 1.56 bits per heavy atom. The van der Waals surface area contributed by atoms with Crippen molar-refractivity contribution < 1.29 is 4.79 Å². The maximum Gasteiger partial charge on any atom is 0.257 e. The van der Waals surface area contributed by atoms with Gasteiger partial charge < -0.3 is 10.6 Å². The average molecular weight is 250 g/mol. The van der Waals surface area contributed by atoms with Crippen molar-refractivity contribution in [2.24, 2.45) is 12.8 Å². The fourth-order valence-electron chi connectivity index (χ4n) is 2.62. The Morgan fingerprint density at radius 3 is 2.83 bits per heavy atom. The number of hydrogen-bond donors (Lipinski definition) is 1. The predicted octanol–water partition coefficient (Wildman–Crippen LogP) is 1.15. The van der Waals surface area contributed by atoms with Crippen LogP contribution in [0.3, 0.4) is 0 Å². The molecule has 0 unspecified atom stereocenters. The molecule has 1 saturated carbocycles. The van der Waals surface area contributed by atoms with Crippen LogP contribution in [0.2, 0.25) is 0 Å². The first kappa shape index (κ1) is 13.1. The number of aromatic nitrogens is 2. The number of carbonyl (C=O) groups excluding carboxylic acids is 1. The molecule has 2 N–H and O–H groups in total. The van der Waals surface area contributed by atoms with Gasteiger partial charge in [0.1, 0.15) is 0 Å². The zero-order valence-corrected chi connectivity index (χ0v) is 11.0. The number of nitrogens with two attached hydrogens (primary N) is 1. The molecular formula is C13H22N4O. The van der Waals surface area contributed by atoms with E-state index in [0.29, 0.717) is 18.2 Å². The number of nitrogens with zero attached hydrogens (tertiary/aromatic N) is 3. The molecular weight excluding hydrogens is 228 g/mol. The molecule has 5 heteroatoms. The largest absolute Gasteiger partial charge is 0.336 e. The summed E-state index contributed by atoms with van der Waals surface area (Å²) >= 11 is 0. The molecule has 0 aromatic carbocycles. The van der Waals surface area contributed by atoms with Crippen LogP contribution in [0.5, 0.6) is 0 Å². The first-order valence-electron chi connectivity index (χ1n) is 6.72. The lowest BCUT2D eigenvalue weighted by Crippen LogP contribution is -2.40. The van der Waals surface area contributed by atoms with Crippen molar-refractivity contribution in [3.8, 4) is 0 Å². The lowest BCUT2D eigenvalue weighted by molar-refractivity contribution is 0.0680. The van der Waals surface area contributed by atoms with Gasteiger partial charge >= 0.3 is 0 Å². The van der Waals surface area contributed by atoms with Crippen LogP contribution in [-0.4, -0.2) is 39.7 Å². The van der Waals surface area contributed by atoms with Gasteiger partial charge in [0, 0.05) is 25.8 Å². The molecule has 1 heterocycles. The van der Waals surface area contributed by atoms with Gasteiger partial charge in [0.25, 0.3) is 5.91 Å². The molecule has 1 fully saturated rings. The van der Waals surface area contributed by atoms with E-state index in [0.717, 1.165) is 25.8 Å². The summed E-state index contributed by atoms with van der Waals surface area (Å²) in [6, 6.07) is 0.393. The third kappa shape index (κ3) is 2.90. The SMILES string of the molecule is Cn1cc(C(=O)N(CCCN)C2CCCC2)cn1. The average Bonchev–Trinajstić information content (AvgIpc) is 3.00. The van der Waals surface area contributed by atoms with Gasteiger partial charge in [0.15, 0.2) is 0 Å². The predicted molar refractivity (Wildman–Crippen MR) is 70.2 cm³/mol. The molecule has 0 aliphatic heterocycles. The van der Waals surface area contributed by atoms with Crippen LogP contribution >= 0.6 is 0 Å². The van der Waals surface area contributed by atoms with Crippen LogP contribution < -0.4 is 5.73 Å². The first-order valence-corrected chi connectivity index (χ1v) is 6.72. The smallest absolute Gasteiger partial charge is 0.257 e. The molecule has 1 aromatic heterocycles. The third-order valence-corrected chi connectivity index (χ3v) is 3.58. The minimum Gasteiger partial charge on any atom is -0.336 e. The second kappa shape index (κ2) is 6.00. The Morgan fingerprint density at radius 2 is 2.28 bits per heavy atom. The number of rotatable bonds is 5. The fourth-order valence-corrected chi connectivity index (χ4v) is 2.62. The quantitative estimate of drug-likeness (QED) is 0.852. The highest BCUT2D eigenvalue weighted by Gasteiger charge is 2.27. The lowest BCUT2D eigenvalue weighted by atomic mass is 10.1. The number of hydrogen-bond acceptors (Lipinski definition) is 3. The number of aryl methyl sites for hydroxylation is 1. The molecule has 100 valence electrons. The summed E-state index contributed by atoms with van der Waals surface area (Å²) in [5.74, 6) is 0.100. The molecule has 2 rings (SSSR count).